The van der Waals surface area contributed by atoms with E-state index in [1.165, 1.54) is 6.07 Å². The summed E-state index contributed by atoms with van der Waals surface area (Å²) in [5.74, 6) is 1.17. The van der Waals surface area contributed by atoms with Crippen LogP contribution in [0.15, 0.2) is 53.4 Å². The minimum atomic E-state index is -4.20. The number of hydrogen-bond donors (Lipinski definition) is 1. The summed E-state index contributed by atoms with van der Waals surface area (Å²) in [6, 6.07) is 10.6. The third kappa shape index (κ3) is 6.75. The molecule has 1 aliphatic carbocycles. The number of nitrogens with one attached hydrogen (secondary N) is 1. The summed E-state index contributed by atoms with van der Waals surface area (Å²) in [6.07, 6.45) is 6.57. The molecule has 4 atom stereocenters. The van der Waals surface area contributed by atoms with Crippen molar-refractivity contribution in [2.45, 2.75) is 55.1 Å². The van der Waals surface area contributed by atoms with Crippen LogP contribution in [-0.2, 0) is 29.7 Å². The first kappa shape index (κ1) is 33.1. The van der Waals surface area contributed by atoms with Crippen molar-refractivity contribution >= 4 is 33.2 Å². The standard InChI is InChI=1S/C34H44ClN3O7S/c1-33(2)32(39)36-46(40,41)25-9-12-30-28(19-25)38(21-34(22-44-30)13-16-42-31-18-24(35)8-11-27(31)34)20-23-7-10-26(23)29(6-5-15-45-33)43-17-14-37(3)4/h5-6,8-9,11-12,18-19,23,26,29H,7,10,13-17,20-22H2,1-4H3,(H,36,39)/b6-5+/t23-,26+,29-,34-/m0/s1. The van der Waals surface area contributed by atoms with Gasteiger partial charge in [0, 0.05) is 30.2 Å². The third-order valence-corrected chi connectivity index (χ3v) is 11.3. The lowest BCUT2D eigenvalue weighted by molar-refractivity contribution is -0.139. The van der Waals surface area contributed by atoms with Gasteiger partial charge in [-0.05, 0) is 89.4 Å². The van der Waals surface area contributed by atoms with Gasteiger partial charge in [0.15, 0.2) is 0 Å². The van der Waals surface area contributed by atoms with Crippen LogP contribution in [0, 0.1) is 11.8 Å². The zero-order valence-corrected chi connectivity index (χ0v) is 28.5. The van der Waals surface area contributed by atoms with E-state index in [1.54, 1.807) is 26.0 Å². The number of hydrogen-bond acceptors (Lipinski definition) is 9. The van der Waals surface area contributed by atoms with Gasteiger partial charge in [0.2, 0.25) is 0 Å². The Morgan fingerprint density at radius 3 is 2.70 bits per heavy atom. The molecule has 10 nitrogen and oxygen atoms in total. The molecule has 1 spiro atoms. The van der Waals surface area contributed by atoms with Crippen molar-refractivity contribution in [3.8, 4) is 11.5 Å². The van der Waals surface area contributed by atoms with Crippen molar-refractivity contribution in [2.75, 3.05) is 65.1 Å². The Balaban J connectivity index is 1.41. The maximum absolute atomic E-state index is 13.6. The molecule has 0 radical (unpaired) electrons. The average Bonchev–Trinajstić information content (AvgIpc) is 3.13. The fourth-order valence-corrected chi connectivity index (χ4v) is 8.10. The first-order chi connectivity index (χ1) is 21.9. The van der Waals surface area contributed by atoms with Crippen LogP contribution in [0.2, 0.25) is 5.02 Å². The van der Waals surface area contributed by atoms with Crippen LogP contribution in [0.1, 0.15) is 38.7 Å². The Bertz CT molecular complexity index is 1600. The second-order valence-electron chi connectivity index (χ2n) is 13.6. The smallest absolute Gasteiger partial charge is 0.265 e. The molecule has 1 saturated carbocycles. The predicted molar refractivity (Wildman–Crippen MR) is 176 cm³/mol. The zero-order valence-electron chi connectivity index (χ0n) is 27.0. The number of anilines is 1. The summed E-state index contributed by atoms with van der Waals surface area (Å²) < 4.78 is 54.3. The van der Waals surface area contributed by atoms with Crippen LogP contribution < -0.4 is 19.1 Å². The van der Waals surface area contributed by atoms with Crippen molar-refractivity contribution in [3.05, 3.63) is 59.1 Å². The topological polar surface area (TPSA) is 107 Å². The number of rotatable bonds is 4. The maximum atomic E-state index is 13.6. The SMILES string of the molecule is CN(C)CCO[C@H]1/C=C/COC(C)(C)C(=O)NS(=O)(=O)c2ccc3c(c2)N(C[C@@H]2CC[C@H]21)C[C@@]1(CCOc2cc(Cl)ccc21)CO3. The lowest BCUT2D eigenvalue weighted by atomic mass is 9.69. The predicted octanol–water partition coefficient (Wildman–Crippen LogP) is 4.40. The lowest BCUT2D eigenvalue weighted by Crippen LogP contribution is -2.50. The molecule has 46 heavy (non-hydrogen) atoms. The molecule has 0 aromatic heterocycles. The summed E-state index contributed by atoms with van der Waals surface area (Å²) in [5, 5.41) is 0.606. The van der Waals surface area contributed by atoms with Crippen molar-refractivity contribution in [1.29, 1.82) is 0 Å². The Morgan fingerprint density at radius 2 is 1.93 bits per heavy atom. The molecule has 2 bridgehead atoms. The number of carbonyl (C=O) groups excluding carboxylic acids is 1. The van der Waals surface area contributed by atoms with Gasteiger partial charge in [-0.15, -0.1) is 0 Å². The monoisotopic (exact) mass is 673 g/mol. The van der Waals surface area contributed by atoms with E-state index in [4.69, 9.17) is 30.5 Å². The highest BCUT2D eigenvalue weighted by Gasteiger charge is 2.45. The number of nitrogens with zero attached hydrogens (tertiary/aromatic N) is 2. The van der Waals surface area contributed by atoms with Gasteiger partial charge in [0.05, 0.1) is 48.5 Å². The van der Waals surface area contributed by atoms with Crippen molar-refractivity contribution in [3.63, 3.8) is 0 Å². The highest BCUT2D eigenvalue weighted by Crippen LogP contribution is 2.47. The molecule has 1 N–H and O–H groups in total. The minimum Gasteiger partial charge on any atom is -0.493 e. The van der Waals surface area contributed by atoms with Crippen molar-refractivity contribution in [1.82, 2.24) is 9.62 Å². The molecule has 12 heteroatoms. The molecule has 3 heterocycles. The normalized spacial score (nSPS) is 29.3. The van der Waals surface area contributed by atoms with E-state index in [1.807, 2.05) is 44.4 Å². The van der Waals surface area contributed by atoms with Gasteiger partial charge in [0.1, 0.15) is 17.1 Å². The molecule has 6 rings (SSSR count). The number of likely N-dealkylation sites (N-methyl/N-ethyl adjacent to an activating group) is 1. The number of ether oxygens (including phenoxy) is 4. The van der Waals surface area contributed by atoms with Crippen molar-refractivity contribution < 1.29 is 32.2 Å². The van der Waals surface area contributed by atoms with Crippen LogP contribution >= 0.6 is 11.6 Å². The summed E-state index contributed by atoms with van der Waals surface area (Å²) in [7, 11) is -0.155. The number of fused-ring (bicyclic) bond motifs is 4. The third-order valence-electron chi connectivity index (χ3n) is 9.77. The number of carbonyl (C=O) groups is 1. The molecule has 1 amide bonds. The summed E-state index contributed by atoms with van der Waals surface area (Å²) in [5.41, 5.74) is -0.0826. The number of sulfonamides is 1. The number of amides is 1. The van der Waals surface area contributed by atoms with E-state index < -0.39 is 26.9 Å². The van der Waals surface area contributed by atoms with Gasteiger partial charge < -0.3 is 28.7 Å². The fraction of sp³-hybridized carbons (Fsp3) is 0.559. The Kier molecular flexibility index (Phi) is 9.35. The second-order valence-corrected chi connectivity index (χ2v) is 15.8. The van der Waals surface area contributed by atoms with E-state index >= 15 is 0 Å². The number of halogens is 1. The molecular formula is C34H44ClN3O7S. The Labute approximate surface area is 277 Å². The molecule has 0 saturated heterocycles. The molecule has 1 fully saturated rings. The van der Waals surface area contributed by atoms with Crippen LogP contribution in [0.3, 0.4) is 0 Å². The van der Waals surface area contributed by atoms with Crippen LogP contribution in [0.5, 0.6) is 11.5 Å². The van der Waals surface area contributed by atoms with Crippen LogP contribution in [-0.4, -0.2) is 91.1 Å². The van der Waals surface area contributed by atoms with E-state index in [-0.39, 0.29) is 23.5 Å². The molecule has 250 valence electrons. The van der Waals surface area contributed by atoms with Gasteiger partial charge in [-0.25, -0.2) is 13.1 Å². The number of benzene rings is 2. The first-order valence-corrected chi connectivity index (χ1v) is 17.8. The van der Waals surface area contributed by atoms with Gasteiger partial charge in [0.25, 0.3) is 15.9 Å². The molecule has 2 aromatic carbocycles. The largest absolute Gasteiger partial charge is 0.493 e. The zero-order chi connectivity index (χ0) is 32.7. The fourth-order valence-electron chi connectivity index (χ4n) is 6.81. The molecular weight excluding hydrogens is 630 g/mol. The first-order valence-electron chi connectivity index (χ1n) is 16.0. The van der Waals surface area contributed by atoms with Crippen LogP contribution in [0.25, 0.3) is 0 Å². The van der Waals surface area contributed by atoms with Gasteiger partial charge in [-0.2, -0.15) is 0 Å². The Hall–Kier alpha value is -2.83. The summed E-state index contributed by atoms with van der Waals surface area (Å²) >= 11 is 6.35. The molecule has 3 aliphatic heterocycles. The molecule has 4 aliphatic rings. The van der Waals surface area contributed by atoms with E-state index in [2.05, 4.69) is 14.5 Å². The molecule has 2 aromatic rings. The quantitative estimate of drug-likeness (QED) is 0.473. The van der Waals surface area contributed by atoms with Gasteiger partial charge in [-0.3, -0.25) is 4.79 Å². The van der Waals surface area contributed by atoms with Gasteiger partial charge >= 0.3 is 0 Å². The van der Waals surface area contributed by atoms with Gasteiger partial charge in [-0.1, -0.05) is 29.8 Å². The van der Waals surface area contributed by atoms with Crippen molar-refractivity contribution in [2.24, 2.45) is 11.8 Å². The van der Waals surface area contributed by atoms with E-state index in [0.717, 1.165) is 37.1 Å². The van der Waals surface area contributed by atoms with E-state index in [9.17, 15) is 13.2 Å². The summed E-state index contributed by atoms with van der Waals surface area (Å²) in [6.45, 7) is 6.85. The average molecular weight is 674 g/mol. The minimum absolute atomic E-state index is 0.0128. The van der Waals surface area contributed by atoms with Crippen LogP contribution in [0.4, 0.5) is 5.69 Å². The lowest BCUT2D eigenvalue weighted by Gasteiger charge is -2.46. The second kappa shape index (κ2) is 13.0. The molecule has 0 unspecified atom stereocenters. The highest BCUT2D eigenvalue weighted by molar-refractivity contribution is 7.90. The van der Waals surface area contributed by atoms with E-state index in [0.29, 0.717) is 55.3 Å². The highest BCUT2D eigenvalue weighted by atomic mass is 35.5. The summed E-state index contributed by atoms with van der Waals surface area (Å²) in [4.78, 5) is 17.5. The maximum Gasteiger partial charge on any atom is 0.265 e. The Morgan fingerprint density at radius 1 is 1.11 bits per heavy atom.